The summed E-state index contributed by atoms with van der Waals surface area (Å²) in [5, 5.41) is 0.726. The molecule has 2 aliphatic heterocycles. The van der Waals surface area contributed by atoms with Gasteiger partial charge in [-0.15, -0.1) is 0 Å². The highest BCUT2D eigenvalue weighted by Crippen LogP contribution is 2.23. The smallest absolute Gasteiger partial charge is 0.209 e. The highest BCUT2D eigenvalue weighted by atomic mass is 35.5. The lowest BCUT2D eigenvalue weighted by molar-refractivity contribution is 0.0473. The van der Waals surface area contributed by atoms with Gasteiger partial charge in [0.15, 0.2) is 5.76 Å². The molecule has 0 radical (unpaired) electrons. The summed E-state index contributed by atoms with van der Waals surface area (Å²) in [5.41, 5.74) is 1.00. The van der Waals surface area contributed by atoms with Gasteiger partial charge in [0, 0.05) is 49.9 Å². The molecule has 134 valence electrons. The quantitative estimate of drug-likeness (QED) is 0.817. The fourth-order valence-corrected chi connectivity index (χ4v) is 3.65. The minimum Gasteiger partial charge on any atom is -0.439 e. The van der Waals surface area contributed by atoms with E-state index in [2.05, 4.69) is 14.8 Å². The number of rotatable bonds is 5. The van der Waals surface area contributed by atoms with Crippen molar-refractivity contribution in [2.75, 3.05) is 39.3 Å². The Balaban J connectivity index is 1.28. The molecule has 0 saturated carbocycles. The fraction of sp³-hybridized carbons (Fsp3) is 0.526. The van der Waals surface area contributed by atoms with Crippen LogP contribution in [0.15, 0.2) is 34.9 Å². The lowest BCUT2D eigenvalue weighted by Gasteiger charge is -2.35. The van der Waals surface area contributed by atoms with Crippen molar-refractivity contribution in [3.63, 3.8) is 0 Å². The van der Waals surface area contributed by atoms with E-state index in [-0.39, 0.29) is 0 Å². The minimum atomic E-state index is 0.445. The molecule has 5 nitrogen and oxygen atoms in total. The zero-order valence-electron chi connectivity index (χ0n) is 14.4. The molecule has 2 aromatic rings. The highest BCUT2D eigenvalue weighted by Gasteiger charge is 2.23. The van der Waals surface area contributed by atoms with Gasteiger partial charge in [0.1, 0.15) is 0 Å². The molecule has 1 atom stereocenters. The Hall–Kier alpha value is -1.40. The Bertz CT molecular complexity index is 674. The third kappa shape index (κ3) is 4.42. The van der Waals surface area contributed by atoms with Crippen LogP contribution in [0.3, 0.4) is 0 Å². The molecular formula is C19H24ClN3O2. The third-order valence-electron chi connectivity index (χ3n) is 4.99. The van der Waals surface area contributed by atoms with Crippen molar-refractivity contribution in [3.8, 4) is 11.3 Å². The first-order valence-corrected chi connectivity index (χ1v) is 9.41. The highest BCUT2D eigenvalue weighted by molar-refractivity contribution is 6.30. The van der Waals surface area contributed by atoms with Gasteiger partial charge in [-0.2, -0.15) is 0 Å². The van der Waals surface area contributed by atoms with Crippen molar-refractivity contribution in [2.45, 2.75) is 25.5 Å². The predicted octanol–water partition coefficient (Wildman–Crippen LogP) is 3.29. The number of hydrogen-bond acceptors (Lipinski definition) is 5. The van der Waals surface area contributed by atoms with Crippen LogP contribution >= 0.6 is 11.6 Å². The number of oxazole rings is 1. The maximum Gasteiger partial charge on any atom is 0.209 e. The Kier molecular flexibility index (Phi) is 5.36. The average molecular weight is 362 g/mol. The van der Waals surface area contributed by atoms with Crippen LogP contribution in [-0.2, 0) is 11.3 Å². The van der Waals surface area contributed by atoms with Crippen molar-refractivity contribution in [1.29, 1.82) is 0 Å². The van der Waals surface area contributed by atoms with Crippen molar-refractivity contribution in [1.82, 2.24) is 14.8 Å². The number of hydrogen-bond donors (Lipinski definition) is 0. The maximum atomic E-state index is 5.93. The Morgan fingerprint density at radius 1 is 1.08 bits per heavy atom. The summed E-state index contributed by atoms with van der Waals surface area (Å²) < 4.78 is 11.7. The van der Waals surface area contributed by atoms with Gasteiger partial charge in [0.05, 0.1) is 18.8 Å². The first-order chi connectivity index (χ1) is 12.3. The molecule has 2 saturated heterocycles. The van der Waals surface area contributed by atoms with Gasteiger partial charge in [-0.25, -0.2) is 4.98 Å². The second kappa shape index (κ2) is 7.87. The molecule has 3 heterocycles. The van der Waals surface area contributed by atoms with Gasteiger partial charge in [-0.05, 0) is 37.1 Å². The molecule has 1 aromatic heterocycles. The third-order valence-corrected chi connectivity index (χ3v) is 5.24. The van der Waals surface area contributed by atoms with Crippen molar-refractivity contribution in [3.05, 3.63) is 41.4 Å². The summed E-state index contributed by atoms with van der Waals surface area (Å²) in [6, 6.07) is 7.64. The van der Waals surface area contributed by atoms with Gasteiger partial charge in [-0.3, -0.25) is 9.80 Å². The normalized spacial score (nSPS) is 22.5. The fourth-order valence-electron chi connectivity index (χ4n) is 3.53. The van der Waals surface area contributed by atoms with E-state index < -0.39 is 0 Å². The molecule has 0 spiro atoms. The summed E-state index contributed by atoms with van der Waals surface area (Å²) in [5.74, 6) is 1.57. The zero-order valence-corrected chi connectivity index (χ0v) is 15.1. The van der Waals surface area contributed by atoms with Crippen LogP contribution in [0.4, 0.5) is 0 Å². The largest absolute Gasteiger partial charge is 0.439 e. The summed E-state index contributed by atoms with van der Waals surface area (Å²) in [4.78, 5) is 9.36. The van der Waals surface area contributed by atoms with E-state index in [0.29, 0.717) is 6.10 Å². The summed E-state index contributed by atoms with van der Waals surface area (Å²) in [6.07, 6.45) is 4.67. The number of benzene rings is 1. The maximum absolute atomic E-state index is 5.93. The van der Waals surface area contributed by atoms with Crippen LogP contribution in [0, 0.1) is 0 Å². The van der Waals surface area contributed by atoms with Crippen LogP contribution in [0.2, 0.25) is 5.02 Å². The molecule has 25 heavy (non-hydrogen) atoms. The van der Waals surface area contributed by atoms with Crippen LogP contribution < -0.4 is 0 Å². The number of nitrogens with zero attached hydrogens (tertiary/aromatic N) is 3. The van der Waals surface area contributed by atoms with E-state index in [4.69, 9.17) is 20.8 Å². The molecular weight excluding hydrogens is 338 g/mol. The van der Waals surface area contributed by atoms with Crippen LogP contribution in [-0.4, -0.2) is 60.2 Å². The molecule has 1 unspecified atom stereocenters. The number of piperazine rings is 1. The molecule has 1 aromatic carbocycles. The molecule has 2 fully saturated rings. The van der Waals surface area contributed by atoms with E-state index in [1.54, 1.807) is 6.20 Å². The first-order valence-electron chi connectivity index (χ1n) is 9.03. The summed E-state index contributed by atoms with van der Waals surface area (Å²) in [7, 11) is 0. The molecule has 0 N–H and O–H groups in total. The van der Waals surface area contributed by atoms with Crippen LogP contribution in [0.1, 0.15) is 18.7 Å². The SMILES string of the molecule is Clc1ccc(-c2cnc(CN3CCN(CC4CCCO4)CC3)o2)cc1. The molecule has 2 aliphatic rings. The van der Waals surface area contributed by atoms with E-state index >= 15 is 0 Å². The number of halogens is 1. The van der Waals surface area contributed by atoms with Crippen molar-refractivity contribution in [2.24, 2.45) is 0 Å². The molecule has 4 rings (SSSR count). The second-order valence-electron chi connectivity index (χ2n) is 6.84. The molecule has 0 bridgehead atoms. The van der Waals surface area contributed by atoms with E-state index in [1.165, 1.54) is 12.8 Å². The number of aromatic nitrogens is 1. The predicted molar refractivity (Wildman–Crippen MR) is 97.6 cm³/mol. The average Bonchev–Trinajstić information content (AvgIpc) is 3.29. The molecule has 0 aliphatic carbocycles. The zero-order chi connectivity index (χ0) is 17.1. The lowest BCUT2D eigenvalue weighted by Crippen LogP contribution is -2.48. The Morgan fingerprint density at radius 3 is 2.56 bits per heavy atom. The van der Waals surface area contributed by atoms with Gasteiger partial charge < -0.3 is 9.15 Å². The summed E-state index contributed by atoms with van der Waals surface area (Å²) >= 11 is 5.93. The van der Waals surface area contributed by atoms with Gasteiger partial charge >= 0.3 is 0 Å². The second-order valence-corrected chi connectivity index (χ2v) is 7.27. The van der Waals surface area contributed by atoms with Gasteiger partial charge in [0.2, 0.25) is 5.89 Å². The monoisotopic (exact) mass is 361 g/mol. The van der Waals surface area contributed by atoms with Crippen LogP contribution in [0.5, 0.6) is 0 Å². The minimum absolute atomic E-state index is 0.445. The van der Waals surface area contributed by atoms with E-state index in [9.17, 15) is 0 Å². The Morgan fingerprint density at radius 2 is 1.84 bits per heavy atom. The van der Waals surface area contributed by atoms with Crippen LogP contribution in [0.25, 0.3) is 11.3 Å². The lowest BCUT2D eigenvalue weighted by atomic mass is 10.2. The van der Waals surface area contributed by atoms with E-state index in [1.807, 2.05) is 24.3 Å². The van der Waals surface area contributed by atoms with Gasteiger partial charge in [-0.1, -0.05) is 11.6 Å². The molecule has 6 heteroatoms. The topological polar surface area (TPSA) is 41.7 Å². The van der Waals surface area contributed by atoms with Crippen molar-refractivity contribution >= 4 is 11.6 Å². The van der Waals surface area contributed by atoms with Crippen molar-refractivity contribution < 1.29 is 9.15 Å². The first kappa shape index (κ1) is 17.0. The Labute approximate surface area is 153 Å². The van der Waals surface area contributed by atoms with E-state index in [0.717, 1.165) is 68.1 Å². The molecule has 0 amide bonds. The van der Waals surface area contributed by atoms with Gasteiger partial charge in [0.25, 0.3) is 0 Å². The number of ether oxygens (including phenoxy) is 1. The standard InChI is InChI=1S/C19H24ClN3O2/c20-16-5-3-15(4-6-16)18-12-21-19(25-18)14-23-9-7-22(8-10-23)13-17-2-1-11-24-17/h3-6,12,17H,1-2,7-11,13-14H2. The summed E-state index contributed by atoms with van der Waals surface area (Å²) in [6.45, 7) is 7.05.